The van der Waals surface area contributed by atoms with Crippen molar-refractivity contribution in [3.8, 4) is 0 Å². The van der Waals surface area contributed by atoms with E-state index in [0.29, 0.717) is 18.9 Å². The molecule has 0 fully saturated rings. The molecule has 0 bridgehead atoms. The molecule has 1 heterocycles. The smallest absolute Gasteiger partial charge is 0.284 e. The van der Waals surface area contributed by atoms with E-state index in [9.17, 15) is 5.11 Å². The first kappa shape index (κ1) is 12.8. The number of aliphatic hydroxyl groups excluding tert-OH is 1. The fraction of sp³-hybridized carbons (Fsp3) is 0.333. The summed E-state index contributed by atoms with van der Waals surface area (Å²) in [5.41, 5.74) is 2.18. The number of aryl methyl sites for hydroxylation is 1. The van der Waals surface area contributed by atoms with Gasteiger partial charge in [-0.15, -0.1) is 5.10 Å². The molecule has 3 N–H and O–H groups in total. The Kier molecular flexibility index (Phi) is 4.11. The number of aromatic nitrogens is 2. The van der Waals surface area contributed by atoms with Gasteiger partial charge in [0.05, 0.1) is 12.5 Å². The molecule has 6 heteroatoms. The van der Waals surface area contributed by atoms with E-state index in [2.05, 4.69) is 15.5 Å². The zero-order valence-electron chi connectivity index (χ0n) is 10.0. The molecule has 0 saturated carbocycles. The number of H-pyrrole nitrogens is 1. The molecule has 0 radical (unpaired) electrons. The third kappa shape index (κ3) is 3.68. The summed E-state index contributed by atoms with van der Waals surface area (Å²) in [5.74, 6) is 0.415. The van der Waals surface area contributed by atoms with Crippen LogP contribution < -0.4 is 5.32 Å². The van der Waals surface area contributed by atoms with Crippen LogP contribution in [0.15, 0.2) is 28.7 Å². The summed E-state index contributed by atoms with van der Waals surface area (Å²) in [6.45, 7) is 2.46. The Morgan fingerprint density at radius 3 is 2.78 bits per heavy atom. The highest BCUT2D eigenvalue weighted by atomic mass is 32.1. The van der Waals surface area contributed by atoms with Crippen LogP contribution in [0.4, 0.5) is 5.69 Å². The average molecular weight is 265 g/mol. The zero-order chi connectivity index (χ0) is 13.0. The van der Waals surface area contributed by atoms with Gasteiger partial charge in [0.15, 0.2) is 0 Å². The van der Waals surface area contributed by atoms with Crippen LogP contribution in [0.2, 0.25) is 0 Å². The topological polar surface area (TPSA) is 74.1 Å². The fourth-order valence-corrected chi connectivity index (χ4v) is 1.67. The highest BCUT2D eigenvalue weighted by Gasteiger charge is 2.09. The standard InChI is InChI=1S/C12H15N3O2S/c1-8-2-4-9(5-3-8)13-7-10(16)6-11-14-15-12(18)17-11/h2-5,10,13,16H,6-7H2,1H3,(H,15,18). The van der Waals surface area contributed by atoms with Crippen molar-refractivity contribution >= 4 is 17.9 Å². The molecule has 2 rings (SSSR count). The van der Waals surface area contributed by atoms with Crippen molar-refractivity contribution in [1.82, 2.24) is 10.2 Å². The van der Waals surface area contributed by atoms with Crippen LogP contribution in [0.3, 0.4) is 0 Å². The molecular formula is C12H15N3O2S. The maximum absolute atomic E-state index is 9.82. The first-order chi connectivity index (χ1) is 8.63. The molecular weight excluding hydrogens is 250 g/mol. The molecule has 18 heavy (non-hydrogen) atoms. The van der Waals surface area contributed by atoms with Crippen molar-refractivity contribution in [2.75, 3.05) is 11.9 Å². The number of nitrogens with one attached hydrogen (secondary N) is 2. The second kappa shape index (κ2) is 5.79. The van der Waals surface area contributed by atoms with E-state index < -0.39 is 6.10 Å². The number of nitrogens with zero attached hydrogens (tertiary/aromatic N) is 1. The van der Waals surface area contributed by atoms with Crippen molar-refractivity contribution in [1.29, 1.82) is 0 Å². The molecule has 0 saturated heterocycles. The Morgan fingerprint density at radius 2 is 2.17 bits per heavy atom. The lowest BCUT2D eigenvalue weighted by atomic mass is 10.2. The van der Waals surface area contributed by atoms with E-state index in [1.807, 2.05) is 31.2 Å². The number of hydrogen-bond donors (Lipinski definition) is 3. The molecule has 0 aliphatic heterocycles. The normalized spacial score (nSPS) is 12.3. The summed E-state index contributed by atoms with van der Waals surface area (Å²) in [6.07, 6.45) is -0.251. The Morgan fingerprint density at radius 1 is 1.44 bits per heavy atom. The molecule has 2 aromatic rings. The van der Waals surface area contributed by atoms with Gasteiger partial charge < -0.3 is 14.8 Å². The Balaban J connectivity index is 1.83. The molecule has 0 aliphatic rings. The molecule has 1 atom stereocenters. The summed E-state index contributed by atoms with van der Waals surface area (Å²) < 4.78 is 5.08. The van der Waals surface area contributed by atoms with E-state index in [0.717, 1.165) is 5.69 Å². The second-order valence-electron chi connectivity index (χ2n) is 4.11. The summed E-state index contributed by atoms with van der Waals surface area (Å²) in [7, 11) is 0. The second-order valence-corrected chi connectivity index (χ2v) is 4.48. The minimum absolute atomic E-state index is 0.226. The molecule has 5 nitrogen and oxygen atoms in total. The summed E-state index contributed by atoms with van der Waals surface area (Å²) in [6, 6.07) is 7.98. The number of aromatic amines is 1. The van der Waals surface area contributed by atoms with Crippen molar-refractivity contribution in [3.05, 3.63) is 40.6 Å². The zero-order valence-corrected chi connectivity index (χ0v) is 10.8. The number of anilines is 1. The van der Waals surface area contributed by atoms with Gasteiger partial charge in [0.25, 0.3) is 4.84 Å². The van der Waals surface area contributed by atoms with E-state index in [4.69, 9.17) is 16.6 Å². The van der Waals surface area contributed by atoms with Crippen LogP contribution >= 0.6 is 12.2 Å². The van der Waals surface area contributed by atoms with Gasteiger partial charge >= 0.3 is 0 Å². The molecule has 1 aromatic carbocycles. The van der Waals surface area contributed by atoms with Crippen LogP contribution in [0.5, 0.6) is 0 Å². The molecule has 96 valence electrons. The summed E-state index contributed by atoms with van der Waals surface area (Å²) in [4.78, 5) is 0.226. The minimum Gasteiger partial charge on any atom is -0.414 e. The van der Waals surface area contributed by atoms with Crippen LogP contribution in [0.1, 0.15) is 11.5 Å². The Labute approximate surface area is 110 Å². The lowest BCUT2D eigenvalue weighted by molar-refractivity contribution is 0.178. The third-order valence-corrected chi connectivity index (χ3v) is 2.66. The van der Waals surface area contributed by atoms with Crippen molar-refractivity contribution < 1.29 is 9.52 Å². The monoisotopic (exact) mass is 265 g/mol. The van der Waals surface area contributed by atoms with E-state index in [1.54, 1.807) is 0 Å². The quantitative estimate of drug-likeness (QED) is 0.722. The lowest BCUT2D eigenvalue weighted by Gasteiger charge is -2.11. The van der Waals surface area contributed by atoms with Crippen LogP contribution in [0, 0.1) is 11.8 Å². The maximum atomic E-state index is 9.82. The number of benzene rings is 1. The third-order valence-electron chi connectivity index (χ3n) is 2.49. The van der Waals surface area contributed by atoms with Crippen molar-refractivity contribution in [2.45, 2.75) is 19.4 Å². The predicted octanol–water partition coefficient (Wildman–Crippen LogP) is 2.06. The fourth-order valence-electron chi connectivity index (χ4n) is 1.53. The minimum atomic E-state index is -0.576. The van der Waals surface area contributed by atoms with Gasteiger partial charge in [0.2, 0.25) is 5.89 Å². The largest absolute Gasteiger partial charge is 0.414 e. The van der Waals surface area contributed by atoms with Crippen molar-refractivity contribution in [3.63, 3.8) is 0 Å². The predicted molar refractivity (Wildman–Crippen MR) is 71.1 cm³/mol. The summed E-state index contributed by atoms with van der Waals surface area (Å²) in [5, 5.41) is 19.3. The summed E-state index contributed by atoms with van der Waals surface area (Å²) >= 11 is 4.76. The van der Waals surface area contributed by atoms with Gasteiger partial charge in [-0.05, 0) is 31.3 Å². The Hall–Kier alpha value is -1.66. The van der Waals surface area contributed by atoms with E-state index >= 15 is 0 Å². The molecule has 0 amide bonds. The number of rotatable bonds is 5. The molecule has 1 aromatic heterocycles. The van der Waals surface area contributed by atoms with Crippen LogP contribution in [-0.2, 0) is 6.42 Å². The lowest BCUT2D eigenvalue weighted by Crippen LogP contribution is -2.22. The van der Waals surface area contributed by atoms with E-state index in [-0.39, 0.29) is 4.84 Å². The van der Waals surface area contributed by atoms with Gasteiger partial charge in [-0.2, -0.15) is 0 Å². The molecule has 1 unspecified atom stereocenters. The SMILES string of the molecule is Cc1ccc(NCC(O)Cc2n[nH]c(=S)o2)cc1. The Bertz CT molecular complexity index is 547. The highest BCUT2D eigenvalue weighted by molar-refractivity contribution is 7.71. The molecule has 0 aliphatic carbocycles. The average Bonchev–Trinajstić information content (AvgIpc) is 2.74. The van der Waals surface area contributed by atoms with E-state index in [1.165, 1.54) is 5.56 Å². The van der Waals surface area contributed by atoms with Gasteiger partial charge in [-0.25, -0.2) is 5.10 Å². The first-order valence-electron chi connectivity index (χ1n) is 5.66. The number of aliphatic hydroxyl groups is 1. The maximum Gasteiger partial charge on any atom is 0.284 e. The number of hydrogen-bond acceptors (Lipinski definition) is 5. The van der Waals surface area contributed by atoms with Gasteiger partial charge in [0.1, 0.15) is 0 Å². The van der Waals surface area contributed by atoms with Crippen LogP contribution in [-0.4, -0.2) is 28.0 Å². The molecule has 0 spiro atoms. The van der Waals surface area contributed by atoms with Gasteiger partial charge in [-0.3, -0.25) is 0 Å². The van der Waals surface area contributed by atoms with Gasteiger partial charge in [-0.1, -0.05) is 17.7 Å². The van der Waals surface area contributed by atoms with Crippen LogP contribution in [0.25, 0.3) is 0 Å². The first-order valence-corrected chi connectivity index (χ1v) is 6.07. The highest BCUT2D eigenvalue weighted by Crippen LogP contribution is 2.09. The van der Waals surface area contributed by atoms with Crippen molar-refractivity contribution in [2.24, 2.45) is 0 Å². The van der Waals surface area contributed by atoms with Gasteiger partial charge in [0, 0.05) is 12.2 Å².